The molecule has 0 bridgehead atoms. The summed E-state index contributed by atoms with van der Waals surface area (Å²) in [5.41, 5.74) is 1.07. The Morgan fingerprint density at radius 1 is 1.27 bits per heavy atom. The van der Waals surface area contributed by atoms with Crippen LogP contribution in [-0.2, 0) is 11.2 Å². The van der Waals surface area contributed by atoms with Crippen LogP contribution in [0.1, 0.15) is 12.0 Å². The van der Waals surface area contributed by atoms with Crippen molar-refractivity contribution in [3.8, 4) is 5.75 Å². The number of hydrogen-bond donors (Lipinski definition) is 0. The fourth-order valence-electron chi connectivity index (χ4n) is 1.94. The molecule has 116 valence electrons. The van der Waals surface area contributed by atoms with E-state index in [1.54, 1.807) is 36.5 Å². The zero-order chi connectivity index (χ0) is 15.8. The average Bonchev–Trinajstić information content (AvgIpc) is 2.55. The molecular weight excluding hydrogens is 300 g/mol. The van der Waals surface area contributed by atoms with Crippen LogP contribution in [-0.4, -0.2) is 36.0 Å². The number of benzene rings is 1. The van der Waals surface area contributed by atoms with Crippen LogP contribution >= 0.6 is 11.6 Å². The third-order valence-electron chi connectivity index (χ3n) is 3.29. The molecule has 1 amide bonds. The number of hydrogen-bond acceptors (Lipinski definition) is 3. The topological polar surface area (TPSA) is 42.4 Å². The lowest BCUT2D eigenvalue weighted by molar-refractivity contribution is -0.130. The van der Waals surface area contributed by atoms with E-state index in [9.17, 15) is 4.79 Å². The highest BCUT2D eigenvalue weighted by molar-refractivity contribution is 6.30. The Balaban J connectivity index is 1.69. The minimum absolute atomic E-state index is 0.101. The van der Waals surface area contributed by atoms with E-state index in [0.717, 1.165) is 11.3 Å². The van der Waals surface area contributed by atoms with Gasteiger partial charge in [0.15, 0.2) is 0 Å². The number of ether oxygens (including phenoxy) is 1. The molecule has 2 rings (SSSR count). The van der Waals surface area contributed by atoms with Gasteiger partial charge < -0.3 is 9.64 Å². The van der Waals surface area contributed by atoms with Crippen molar-refractivity contribution in [2.24, 2.45) is 0 Å². The predicted octanol–water partition coefficient (Wildman–Crippen LogP) is 3.21. The molecule has 0 spiro atoms. The van der Waals surface area contributed by atoms with Crippen LogP contribution in [0.4, 0.5) is 0 Å². The number of nitrogens with zero attached hydrogens (tertiary/aromatic N) is 2. The van der Waals surface area contributed by atoms with Gasteiger partial charge in [0, 0.05) is 30.9 Å². The van der Waals surface area contributed by atoms with Crippen molar-refractivity contribution < 1.29 is 9.53 Å². The van der Waals surface area contributed by atoms with Gasteiger partial charge in [-0.25, -0.2) is 0 Å². The minimum Gasteiger partial charge on any atom is -0.492 e. The molecule has 0 aliphatic carbocycles. The van der Waals surface area contributed by atoms with Gasteiger partial charge in [-0.05, 0) is 42.3 Å². The first kappa shape index (κ1) is 16.3. The average molecular weight is 319 g/mol. The number of carbonyl (C=O) groups is 1. The normalized spacial score (nSPS) is 10.3. The molecule has 0 aliphatic rings. The summed E-state index contributed by atoms with van der Waals surface area (Å²) < 4.78 is 5.58. The fraction of sp³-hybridized carbons (Fsp3) is 0.294. The van der Waals surface area contributed by atoms with Crippen molar-refractivity contribution in [2.45, 2.75) is 12.8 Å². The molecular formula is C17H19ClN2O2. The van der Waals surface area contributed by atoms with Crippen LogP contribution in [0, 0.1) is 0 Å². The molecule has 0 saturated heterocycles. The van der Waals surface area contributed by atoms with Gasteiger partial charge in [0.2, 0.25) is 5.91 Å². The van der Waals surface area contributed by atoms with Gasteiger partial charge in [0.25, 0.3) is 0 Å². The monoisotopic (exact) mass is 318 g/mol. The first-order valence-corrected chi connectivity index (χ1v) is 7.54. The van der Waals surface area contributed by atoms with E-state index in [1.165, 1.54) is 0 Å². The standard InChI is InChI=1S/C17H19ClN2O2/c1-20(11-12-22-16-7-5-15(18)6-8-16)17(21)9-4-14-3-2-10-19-13-14/h2-3,5-8,10,13H,4,9,11-12H2,1H3. The van der Waals surface area contributed by atoms with E-state index < -0.39 is 0 Å². The smallest absolute Gasteiger partial charge is 0.222 e. The fourth-order valence-corrected chi connectivity index (χ4v) is 2.07. The van der Waals surface area contributed by atoms with Gasteiger partial charge in [-0.1, -0.05) is 17.7 Å². The summed E-state index contributed by atoms with van der Waals surface area (Å²) in [6.07, 6.45) is 4.70. The summed E-state index contributed by atoms with van der Waals surface area (Å²) in [5, 5.41) is 0.676. The van der Waals surface area contributed by atoms with Gasteiger partial charge >= 0.3 is 0 Å². The second-order valence-electron chi connectivity index (χ2n) is 4.98. The first-order chi connectivity index (χ1) is 10.6. The first-order valence-electron chi connectivity index (χ1n) is 7.16. The van der Waals surface area contributed by atoms with Gasteiger partial charge in [0.05, 0.1) is 6.54 Å². The molecule has 4 nitrogen and oxygen atoms in total. The van der Waals surface area contributed by atoms with Crippen molar-refractivity contribution in [2.75, 3.05) is 20.2 Å². The Kier molecular flexibility index (Phi) is 6.22. The third kappa shape index (κ3) is 5.37. The van der Waals surface area contributed by atoms with Crippen LogP contribution in [0.3, 0.4) is 0 Å². The number of pyridine rings is 1. The van der Waals surface area contributed by atoms with E-state index in [-0.39, 0.29) is 5.91 Å². The number of aryl methyl sites for hydroxylation is 1. The number of carbonyl (C=O) groups excluding carboxylic acids is 1. The van der Waals surface area contributed by atoms with Crippen molar-refractivity contribution >= 4 is 17.5 Å². The van der Waals surface area contributed by atoms with Crippen molar-refractivity contribution in [3.63, 3.8) is 0 Å². The van der Waals surface area contributed by atoms with Gasteiger partial charge in [-0.3, -0.25) is 9.78 Å². The summed E-state index contributed by atoms with van der Waals surface area (Å²) in [7, 11) is 1.79. The van der Waals surface area contributed by atoms with E-state index in [2.05, 4.69) is 4.98 Å². The van der Waals surface area contributed by atoms with Gasteiger partial charge in [-0.15, -0.1) is 0 Å². The van der Waals surface area contributed by atoms with Crippen LogP contribution in [0.2, 0.25) is 5.02 Å². The molecule has 1 aromatic carbocycles. The molecule has 0 fully saturated rings. The van der Waals surface area contributed by atoms with Crippen LogP contribution < -0.4 is 4.74 Å². The molecule has 0 N–H and O–H groups in total. The molecule has 5 heteroatoms. The lowest BCUT2D eigenvalue weighted by atomic mass is 10.1. The van der Waals surface area contributed by atoms with Crippen molar-refractivity contribution in [1.82, 2.24) is 9.88 Å². The predicted molar refractivity (Wildman–Crippen MR) is 87.1 cm³/mol. The lowest BCUT2D eigenvalue weighted by Gasteiger charge is -2.17. The highest BCUT2D eigenvalue weighted by Crippen LogP contribution is 2.15. The van der Waals surface area contributed by atoms with Gasteiger partial charge in [0.1, 0.15) is 12.4 Å². The second kappa shape index (κ2) is 8.39. The number of likely N-dealkylation sites (N-methyl/N-ethyl adjacent to an activating group) is 1. The lowest BCUT2D eigenvalue weighted by Crippen LogP contribution is -2.31. The largest absolute Gasteiger partial charge is 0.492 e. The Hall–Kier alpha value is -2.07. The van der Waals surface area contributed by atoms with Crippen molar-refractivity contribution in [3.05, 3.63) is 59.4 Å². The highest BCUT2D eigenvalue weighted by atomic mass is 35.5. The third-order valence-corrected chi connectivity index (χ3v) is 3.54. The van der Waals surface area contributed by atoms with E-state index in [0.29, 0.717) is 31.0 Å². The van der Waals surface area contributed by atoms with Crippen LogP contribution in [0.25, 0.3) is 0 Å². The Morgan fingerprint density at radius 2 is 2.05 bits per heavy atom. The second-order valence-corrected chi connectivity index (χ2v) is 5.42. The summed E-state index contributed by atoms with van der Waals surface area (Å²) in [6.45, 7) is 1.01. The molecule has 0 unspecified atom stereocenters. The van der Waals surface area contributed by atoms with Crippen LogP contribution in [0.5, 0.6) is 5.75 Å². The maximum absolute atomic E-state index is 12.0. The number of aromatic nitrogens is 1. The van der Waals surface area contributed by atoms with E-state index in [4.69, 9.17) is 16.3 Å². The number of halogens is 1. The molecule has 2 aromatic rings. The maximum atomic E-state index is 12.0. The molecule has 0 atom stereocenters. The zero-order valence-corrected chi connectivity index (χ0v) is 13.3. The zero-order valence-electron chi connectivity index (χ0n) is 12.5. The molecule has 0 aliphatic heterocycles. The molecule has 0 radical (unpaired) electrons. The van der Waals surface area contributed by atoms with E-state index >= 15 is 0 Å². The Morgan fingerprint density at radius 3 is 2.73 bits per heavy atom. The summed E-state index contributed by atoms with van der Waals surface area (Å²) in [5.74, 6) is 0.851. The molecule has 0 saturated carbocycles. The molecule has 1 heterocycles. The Bertz CT molecular complexity index is 587. The van der Waals surface area contributed by atoms with E-state index in [1.807, 2.05) is 24.3 Å². The summed E-state index contributed by atoms with van der Waals surface area (Å²) in [4.78, 5) is 17.8. The highest BCUT2D eigenvalue weighted by Gasteiger charge is 2.09. The summed E-state index contributed by atoms with van der Waals surface area (Å²) >= 11 is 5.81. The number of rotatable bonds is 7. The quantitative estimate of drug-likeness (QED) is 0.787. The van der Waals surface area contributed by atoms with Gasteiger partial charge in [-0.2, -0.15) is 0 Å². The minimum atomic E-state index is 0.101. The summed E-state index contributed by atoms with van der Waals surface area (Å²) in [6, 6.07) is 11.0. The van der Waals surface area contributed by atoms with Crippen molar-refractivity contribution in [1.29, 1.82) is 0 Å². The Labute approximate surface area is 135 Å². The molecule has 22 heavy (non-hydrogen) atoms. The molecule has 1 aromatic heterocycles. The SMILES string of the molecule is CN(CCOc1ccc(Cl)cc1)C(=O)CCc1cccnc1. The van der Waals surface area contributed by atoms with Crippen LogP contribution in [0.15, 0.2) is 48.8 Å². The number of amides is 1. The maximum Gasteiger partial charge on any atom is 0.222 e.